The van der Waals surface area contributed by atoms with Crippen molar-refractivity contribution in [3.05, 3.63) is 52.3 Å². The molecule has 0 amide bonds. The quantitative estimate of drug-likeness (QED) is 0.939. The van der Waals surface area contributed by atoms with Gasteiger partial charge < -0.3 is 5.32 Å². The first-order chi connectivity index (χ1) is 8.26. The summed E-state index contributed by atoms with van der Waals surface area (Å²) in [6.45, 7) is 2.99. The van der Waals surface area contributed by atoms with E-state index in [4.69, 9.17) is 0 Å². The summed E-state index contributed by atoms with van der Waals surface area (Å²) < 4.78 is 3.11. The van der Waals surface area contributed by atoms with Gasteiger partial charge in [0.25, 0.3) is 0 Å². The van der Waals surface area contributed by atoms with Gasteiger partial charge in [0.15, 0.2) is 0 Å². The number of nitrogens with one attached hydrogen (secondary N) is 1. The highest BCUT2D eigenvalue weighted by Gasteiger charge is 2.15. The van der Waals surface area contributed by atoms with Gasteiger partial charge in [-0.25, -0.2) is 0 Å². The molecule has 2 rings (SSSR count). The fourth-order valence-electron chi connectivity index (χ4n) is 1.99. The summed E-state index contributed by atoms with van der Waals surface area (Å²) in [4.78, 5) is 0. The number of aryl methyl sites for hydroxylation is 1. The molecular formula is C13H16BrN3. The van der Waals surface area contributed by atoms with E-state index in [1.54, 1.807) is 0 Å². The second-order valence-electron chi connectivity index (χ2n) is 3.85. The van der Waals surface area contributed by atoms with E-state index in [2.05, 4.69) is 63.6 Å². The molecule has 3 nitrogen and oxygen atoms in total. The van der Waals surface area contributed by atoms with Crippen LogP contribution in [0.5, 0.6) is 0 Å². The Kier molecular flexibility index (Phi) is 3.97. The van der Waals surface area contributed by atoms with Crippen LogP contribution in [0.25, 0.3) is 0 Å². The average Bonchev–Trinajstić information content (AvgIpc) is 2.81. The molecule has 0 bridgehead atoms. The molecule has 1 aromatic heterocycles. The first-order valence-corrected chi connectivity index (χ1v) is 6.50. The van der Waals surface area contributed by atoms with Crippen molar-refractivity contribution in [2.45, 2.75) is 19.5 Å². The van der Waals surface area contributed by atoms with Crippen LogP contribution in [0.2, 0.25) is 0 Å². The molecule has 0 saturated heterocycles. The van der Waals surface area contributed by atoms with Crippen molar-refractivity contribution in [2.75, 3.05) is 7.05 Å². The molecule has 0 saturated carbocycles. The van der Waals surface area contributed by atoms with Crippen molar-refractivity contribution >= 4 is 15.9 Å². The molecule has 17 heavy (non-hydrogen) atoms. The lowest BCUT2D eigenvalue weighted by molar-refractivity contribution is 0.563. The van der Waals surface area contributed by atoms with E-state index in [1.807, 2.05) is 17.9 Å². The van der Waals surface area contributed by atoms with Crippen LogP contribution in [0.1, 0.15) is 24.2 Å². The summed E-state index contributed by atoms with van der Waals surface area (Å²) in [5.41, 5.74) is 2.43. The number of hydrogen-bond acceptors (Lipinski definition) is 2. The lowest BCUT2D eigenvalue weighted by atomic mass is 10.0. The van der Waals surface area contributed by atoms with Crippen molar-refractivity contribution < 1.29 is 0 Å². The molecule has 1 N–H and O–H groups in total. The van der Waals surface area contributed by atoms with Gasteiger partial charge in [0.05, 0.1) is 11.7 Å². The Labute approximate surface area is 110 Å². The lowest BCUT2D eigenvalue weighted by Crippen LogP contribution is -2.21. The molecule has 0 aliphatic rings. The Balaban J connectivity index is 2.36. The molecular weight excluding hydrogens is 278 g/mol. The minimum absolute atomic E-state index is 0.186. The first kappa shape index (κ1) is 12.3. The maximum atomic E-state index is 4.31. The van der Waals surface area contributed by atoms with E-state index in [0.29, 0.717) is 0 Å². The summed E-state index contributed by atoms with van der Waals surface area (Å²) >= 11 is 3.46. The van der Waals surface area contributed by atoms with Gasteiger partial charge in [0.2, 0.25) is 0 Å². The van der Waals surface area contributed by atoms with Crippen LogP contribution in [0.4, 0.5) is 0 Å². The second kappa shape index (κ2) is 5.47. The van der Waals surface area contributed by atoms with Gasteiger partial charge in [0, 0.05) is 17.2 Å². The fraction of sp³-hybridized carbons (Fsp3) is 0.308. The molecule has 0 aliphatic carbocycles. The molecule has 4 heteroatoms. The van der Waals surface area contributed by atoms with Gasteiger partial charge in [-0.05, 0) is 37.7 Å². The first-order valence-electron chi connectivity index (χ1n) is 5.70. The standard InChI is InChI=1S/C13H16BrN3/c1-3-17-12(8-9-16-17)13(15-2)10-4-6-11(14)7-5-10/h4-9,13,15H,3H2,1-2H3. The third-order valence-electron chi connectivity index (χ3n) is 2.84. The molecule has 0 aliphatic heterocycles. The zero-order valence-corrected chi connectivity index (χ0v) is 11.6. The molecule has 2 aromatic rings. The summed E-state index contributed by atoms with van der Waals surface area (Å²) in [5, 5.41) is 7.65. The summed E-state index contributed by atoms with van der Waals surface area (Å²) in [6, 6.07) is 10.6. The van der Waals surface area contributed by atoms with Crippen LogP contribution < -0.4 is 5.32 Å². The Morgan fingerprint density at radius 1 is 1.29 bits per heavy atom. The van der Waals surface area contributed by atoms with E-state index >= 15 is 0 Å². The van der Waals surface area contributed by atoms with E-state index in [9.17, 15) is 0 Å². The van der Waals surface area contributed by atoms with Crippen molar-refractivity contribution in [1.29, 1.82) is 0 Å². The van der Waals surface area contributed by atoms with E-state index in [-0.39, 0.29) is 6.04 Å². The molecule has 0 radical (unpaired) electrons. The van der Waals surface area contributed by atoms with E-state index in [1.165, 1.54) is 11.3 Å². The molecule has 1 unspecified atom stereocenters. The van der Waals surface area contributed by atoms with Crippen molar-refractivity contribution in [3.63, 3.8) is 0 Å². The highest BCUT2D eigenvalue weighted by molar-refractivity contribution is 9.10. The lowest BCUT2D eigenvalue weighted by Gasteiger charge is -2.18. The number of aromatic nitrogens is 2. The van der Waals surface area contributed by atoms with Crippen LogP contribution >= 0.6 is 15.9 Å². The zero-order chi connectivity index (χ0) is 12.3. The fourth-order valence-corrected chi connectivity index (χ4v) is 2.26. The maximum Gasteiger partial charge on any atom is 0.0745 e. The third kappa shape index (κ3) is 2.58. The summed E-state index contributed by atoms with van der Waals surface area (Å²) in [5.74, 6) is 0. The van der Waals surface area contributed by atoms with E-state index < -0.39 is 0 Å². The SMILES string of the molecule is CCn1nccc1C(NC)c1ccc(Br)cc1. The van der Waals surface area contributed by atoms with Crippen LogP contribution in [0.3, 0.4) is 0 Å². The van der Waals surface area contributed by atoms with Crippen molar-refractivity contribution in [3.8, 4) is 0 Å². The Bertz CT molecular complexity index is 476. The largest absolute Gasteiger partial charge is 0.308 e. The molecule has 90 valence electrons. The predicted molar refractivity (Wildman–Crippen MR) is 72.9 cm³/mol. The Morgan fingerprint density at radius 3 is 2.59 bits per heavy atom. The number of halogens is 1. The number of benzene rings is 1. The van der Waals surface area contributed by atoms with Gasteiger partial charge >= 0.3 is 0 Å². The van der Waals surface area contributed by atoms with Crippen LogP contribution in [0.15, 0.2) is 41.0 Å². The normalized spacial score (nSPS) is 12.6. The van der Waals surface area contributed by atoms with Crippen molar-refractivity contribution in [1.82, 2.24) is 15.1 Å². The second-order valence-corrected chi connectivity index (χ2v) is 4.76. The molecule has 0 spiro atoms. The highest BCUT2D eigenvalue weighted by atomic mass is 79.9. The number of nitrogens with zero attached hydrogens (tertiary/aromatic N) is 2. The van der Waals surface area contributed by atoms with Crippen LogP contribution in [-0.2, 0) is 6.54 Å². The highest BCUT2D eigenvalue weighted by Crippen LogP contribution is 2.23. The zero-order valence-electron chi connectivity index (χ0n) is 10.0. The summed E-state index contributed by atoms with van der Waals surface area (Å²) in [6.07, 6.45) is 1.85. The average molecular weight is 294 g/mol. The van der Waals surface area contributed by atoms with Gasteiger partial charge in [-0.1, -0.05) is 28.1 Å². The topological polar surface area (TPSA) is 29.9 Å². The Morgan fingerprint density at radius 2 is 2.00 bits per heavy atom. The van der Waals surface area contributed by atoms with Crippen LogP contribution in [0, 0.1) is 0 Å². The maximum absolute atomic E-state index is 4.31. The minimum Gasteiger partial charge on any atom is -0.308 e. The van der Waals surface area contributed by atoms with Gasteiger partial charge in [-0.15, -0.1) is 0 Å². The monoisotopic (exact) mass is 293 g/mol. The summed E-state index contributed by atoms with van der Waals surface area (Å²) in [7, 11) is 1.97. The van der Waals surface area contributed by atoms with Gasteiger partial charge in [0.1, 0.15) is 0 Å². The van der Waals surface area contributed by atoms with E-state index in [0.717, 1.165) is 11.0 Å². The molecule has 0 fully saturated rings. The number of hydrogen-bond donors (Lipinski definition) is 1. The van der Waals surface area contributed by atoms with Gasteiger partial charge in [-0.2, -0.15) is 5.10 Å². The predicted octanol–water partition coefficient (Wildman–Crippen LogP) is 2.97. The molecule has 1 heterocycles. The minimum atomic E-state index is 0.186. The van der Waals surface area contributed by atoms with Crippen molar-refractivity contribution in [2.24, 2.45) is 0 Å². The molecule has 1 atom stereocenters. The Hall–Kier alpha value is -1.13. The number of rotatable bonds is 4. The van der Waals surface area contributed by atoms with Gasteiger partial charge in [-0.3, -0.25) is 4.68 Å². The molecule has 1 aromatic carbocycles. The third-order valence-corrected chi connectivity index (χ3v) is 3.37. The van der Waals surface area contributed by atoms with Crippen LogP contribution in [-0.4, -0.2) is 16.8 Å². The smallest absolute Gasteiger partial charge is 0.0745 e.